The Morgan fingerprint density at radius 1 is 1.28 bits per heavy atom. The summed E-state index contributed by atoms with van der Waals surface area (Å²) in [7, 11) is 0. The SMILES string of the molecule is CCN(CCC#N)C(=O)NCC(=O)NCC(=O)O. The first-order chi connectivity index (χ1) is 8.51. The summed E-state index contributed by atoms with van der Waals surface area (Å²) in [4.78, 5) is 34.2. The monoisotopic (exact) mass is 256 g/mol. The number of carbonyl (C=O) groups is 3. The Bertz CT molecular complexity index is 350. The zero-order valence-corrected chi connectivity index (χ0v) is 10.1. The average Bonchev–Trinajstić information content (AvgIpc) is 2.34. The third-order valence-corrected chi connectivity index (χ3v) is 2.00. The fourth-order valence-corrected chi connectivity index (χ4v) is 1.09. The zero-order chi connectivity index (χ0) is 14.0. The van der Waals surface area contributed by atoms with Crippen molar-refractivity contribution in [1.29, 1.82) is 5.26 Å². The average molecular weight is 256 g/mol. The molecule has 3 N–H and O–H groups in total. The van der Waals surface area contributed by atoms with Crippen LogP contribution in [0.25, 0.3) is 0 Å². The number of amides is 3. The van der Waals surface area contributed by atoms with Gasteiger partial charge < -0.3 is 20.6 Å². The summed E-state index contributed by atoms with van der Waals surface area (Å²) in [6.07, 6.45) is 0.215. The van der Waals surface area contributed by atoms with Crippen LogP contribution >= 0.6 is 0 Å². The molecule has 8 nitrogen and oxygen atoms in total. The normalized spacial score (nSPS) is 9.11. The molecule has 0 bridgehead atoms. The highest BCUT2D eigenvalue weighted by atomic mass is 16.4. The predicted octanol–water partition coefficient (Wildman–Crippen LogP) is -0.868. The van der Waals surface area contributed by atoms with Crippen LogP contribution in [0.3, 0.4) is 0 Å². The summed E-state index contributed by atoms with van der Waals surface area (Å²) in [5.41, 5.74) is 0. The lowest BCUT2D eigenvalue weighted by molar-refractivity contribution is -0.137. The third-order valence-electron chi connectivity index (χ3n) is 2.00. The molecule has 0 aliphatic heterocycles. The van der Waals surface area contributed by atoms with Crippen molar-refractivity contribution in [2.24, 2.45) is 0 Å². The number of nitrogens with one attached hydrogen (secondary N) is 2. The van der Waals surface area contributed by atoms with Crippen LogP contribution in [0.5, 0.6) is 0 Å². The predicted molar refractivity (Wildman–Crippen MR) is 61.5 cm³/mol. The first-order valence-corrected chi connectivity index (χ1v) is 5.39. The van der Waals surface area contributed by atoms with E-state index in [0.717, 1.165) is 0 Å². The van der Waals surface area contributed by atoms with Crippen molar-refractivity contribution in [3.8, 4) is 6.07 Å². The van der Waals surface area contributed by atoms with E-state index in [0.29, 0.717) is 6.54 Å². The summed E-state index contributed by atoms with van der Waals surface area (Å²) in [5.74, 6) is -1.74. The number of rotatable bonds is 7. The van der Waals surface area contributed by atoms with Crippen LogP contribution in [0.4, 0.5) is 4.79 Å². The number of nitrogens with zero attached hydrogens (tertiary/aromatic N) is 2. The van der Waals surface area contributed by atoms with Gasteiger partial charge in [0.2, 0.25) is 5.91 Å². The highest BCUT2D eigenvalue weighted by Crippen LogP contribution is 1.91. The highest BCUT2D eigenvalue weighted by Gasteiger charge is 2.12. The van der Waals surface area contributed by atoms with Gasteiger partial charge in [-0.3, -0.25) is 9.59 Å². The van der Waals surface area contributed by atoms with Crippen LogP contribution in [0, 0.1) is 11.3 Å². The van der Waals surface area contributed by atoms with Gasteiger partial charge in [-0.2, -0.15) is 5.26 Å². The fraction of sp³-hybridized carbons (Fsp3) is 0.600. The van der Waals surface area contributed by atoms with Crippen LogP contribution < -0.4 is 10.6 Å². The van der Waals surface area contributed by atoms with Gasteiger partial charge in [-0.05, 0) is 6.92 Å². The molecule has 3 amide bonds. The molecule has 0 aliphatic carbocycles. The zero-order valence-electron chi connectivity index (χ0n) is 10.1. The molecular formula is C10H16N4O4. The number of aliphatic carboxylic acids is 1. The van der Waals surface area contributed by atoms with E-state index < -0.39 is 24.5 Å². The smallest absolute Gasteiger partial charge is 0.322 e. The van der Waals surface area contributed by atoms with E-state index in [1.54, 1.807) is 6.92 Å². The number of carboxylic acid groups (broad SMARTS) is 1. The molecule has 0 aromatic carbocycles. The minimum absolute atomic E-state index is 0.215. The molecule has 0 rings (SSSR count). The number of carboxylic acids is 1. The lowest BCUT2D eigenvalue weighted by atomic mass is 10.4. The molecule has 0 spiro atoms. The summed E-state index contributed by atoms with van der Waals surface area (Å²) in [5, 5.41) is 21.2. The Morgan fingerprint density at radius 2 is 1.94 bits per heavy atom. The molecule has 0 fully saturated rings. The number of hydrogen-bond acceptors (Lipinski definition) is 4. The summed E-state index contributed by atoms with van der Waals surface area (Å²) in [6, 6.07) is 1.46. The Kier molecular flexibility index (Phi) is 7.68. The maximum Gasteiger partial charge on any atom is 0.322 e. The lowest BCUT2D eigenvalue weighted by Crippen LogP contribution is -2.45. The molecule has 8 heteroatoms. The van der Waals surface area contributed by atoms with Crippen molar-refractivity contribution < 1.29 is 19.5 Å². The van der Waals surface area contributed by atoms with E-state index in [9.17, 15) is 14.4 Å². The van der Waals surface area contributed by atoms with Crippen molar-refractivity contribution in [3.05, 3.63) is 0 Å². The molecule has 0 radical (unpaired) electrons. The number of urea groups is 1. The molecule has 0 saturated heterocycles. The van der Waals surface area contributed by atoms with Crippen molar-refractivity contribution in [2.45, 2.75) is 13.3 Å². The van der Waals surface area contributed by atoms with Gasteiger partial charge in [0.15, 0.2) is 0 Å². The molecule has 0 aromatic rings. The fourth-order valence-electron chi connectivity index (χ4n) is 1.09. The molecule has 100 valence electrons. The maximum absolute atomic E-state index is 11.5. The van der Waals surface area contributed by atoms with Gasteiger partial charge in [-0.1, -0.05) is 0 Å². The van der Waals surface area contributed by atoms with E-state index in [1.807, 2.05) is 6.07 Å². The molecule has 0 unspecified atom stereocenters. The van der Waals surface area contributed by atoms with Crippen LogP contribution in [0.15, 0.2) is 0 Å². The van der Waals surface area contributed by atoms with Gasteiger partial charge in [-0.15, -0.1) is 0 Å². The van der Waals surface area contributed by atoms with Gasteiger partial charge in [0.1, 0.15) is 6.54 Å². The quantitative estimate of drug-likeness (QED) is 0.546. The molecule has 0 aromatic heterocycles. The van der Waals surface area contributed by atoms with E-state index in [-0.39, 0.29) is 19.5 Å². The molecule has 0 atom stereocenters. The maximum atomic E-state index is 11.5. The van der Waals surface area contributed by atoms with Gasteiger partial charge in [0.05, 0.1) is 19.0 Å². The Labute approximate surface area is 105 Å². The molecule has 0 saturated carbocycles. The summed E-state index contributed by atoms with van der Waals surface area (Å²) in [6.45, 7) is 1.68. The summed E-state index contributed by atoms with van der Waals surface area (Å²) < 4.78 is 0. The number of nitriles is 1. The van der Waals surface area contributed by atoms with Gasteiger partial charge in [-0.25, -0.2) is 4.79 Å². The van der Waals surface area contributed by atoms with Gasteiger partial charge in [0.25, 0.3) is 0 Å². The summed E-state index contributed by atoms with van der Waals surface area (Å²) >= 11 is 0. The second-order valence-corrected chi connectivity index (χ2v) is 3.32. The largest absolute Gasteiger partial charge is 0.480 e. The van der Waals surface area contributed by atoms with E-state index in [1.165, 1.54) is 4.90 Å². The van der Waals surface area contributed by atoms with Crippen LogP contribution in [0.2, 0.25) is 0 Å². The topological polar surface area (TPSA) is 123 Å². The van der Waals surface area contributed by atoms with Crippen LogP contribution in [-0.2, 0) is 9.59 Å². The van der Waals surface area contributed by atoms with Crippen molar-refractivity contribution in [2.75, 3.05) is 26.2 Å². The van der Waals surface area contributed by atoms with Gasteiger partial charge >= 0.3 is 12.0 Å². The first kappa shape index (κ1) is 15.7. The van der Waals surface area contributed by atoms with Crippen molar-refractivity contribution in [1.82, 2.24) is 15.5 Å². The molecular weight excluding hydrogens is 240 g/mol. The Morgan fingerprint density at radius 3 is 2.44 bits per heavy atom. The van der Waals surface area contributed by atoms with Gasteiger partial charge in [0, 0.05) is 13.1 Å². The number of hydrogen-bond donors (Lipinski definition) is 3. The second kappa shape index (κ2) is 8.81. The third kappa shape index (κ3) is 7.05. The molecule has 0 heterocycles. The Balaban J connectivity index is 3.96. The van der Waals surface area contributed by atoms with Crippen LogP contribution in [0.1, 0.15) is 13.3 Å². The standard InChI is InChI=1S/C10H16N4O4/c1-2-14(5-3-4-11)10(18)13-6-8(15)12-7-9(16)17/h2-3,5-7H2,1H3,(H,12,15)(H,13,18)(H,16,17). The molecule has 18 heavy (non-hydrogen) atoms. The lowest BCUT2D eigenvalue weighted by Gasteiger charge is -2.19. The minimum Gasteiger partial charge on any atom is -0.480 e. The molecule has 0 aliphatic rings. The number of carbonyl (C=O) groups excluding carboxylic acids is 2. The first-order valence-electron chi connectivity index (χ1n) is 5.39. The van der Waals surface area contributed by atoms with E-state index in [4.69, 9.17) is 10.4 Å². The van der Waals surface area contributed by atoms with Crippen molar-refractivity contribution in [3.63, 3.8) is 0 Å². The Hall–Kier alpha value is -2.30. The van der Waals surface area contributed by atoms with E-state index >= 15 is 0 Å². The van der Waals surface area contributed by atoms with Crippen LogP contribution in [-0.4, -0.2) is 54.1 Å². The second-order valence-electron chi connectivity index (χ2n) is 3.32. The minimum atomic E-state index is -1.15. The van der Waals surface area contributed by atoms with E-state index in [2.05, 4.69) is 10.6 Å². The van der Waals surface area contributed by atoms with Crippen molar-refractivity contribution >= 4 is 17.9 Å². The highest BCUT2D eigenvalue weighted by molar-refractivity contribution is 5.86.